The Balaban J connectivity index is 1.59. The Bertz CT molecular complexity index is 1170. The van der Waals surface area contributed by atoms with Crippen LogP contribution in [-0.2, 0) is 11.2 Å². The van der Waals surface area contributed by atoms with Gasteiger partial charge in [-0.1, -0.05) is 24.3 Å². The van der Waals surface area contributed by atoms with Crippen LogP contribution < -0.4 is 25.0 Å². The summed E-state index contributed by atoms with van der Waals surface area (Å²) in [5, 5.41) is 7.06. The highest BCUT2D eigenvalue weighted by Crippen LogP contribution is 2.24. The number of benzene rings is 3. The Morgan fingerprint density at radius 1 is 0.824 bits per heavy atom. The second kappa shape index (κ2) is 11.5. The van der Waals surface area contributed by atoms with Crippen LogP contribution in [0.3, 0.4) is 0 Å². The van der Waals surface area contributed by atoms with Crippen molar-refractivity contribution in [2.75, 3.05) is 26.6 Å². The molecule has 8 heteroatoms. The van der Waals surface area contributed by atoms with Gasteiger partial charge in [0.2, 0.25) is 5.91 Å². The van der Waals surface area contributed by atoms with Crippen molar-refractivity contribution in [2.45, 2.75) is 13.3 Å². The maximum Gasteiger partial charge on any atom is 0.275 e. The van der Waals surface area contributed by atoms with Crippen molar-refractivity contribution in [3.63, 3.8) is 0 Å². The Kier molecular flexibility index (Phi) is 8.23. The molecule has 0 aliphatic rings. The molecule has 0 bridgehead atoms. The number of methoxy groups -OCH3 is 3. The zero-order chi connectivity index (χ0) is 24.5. The Labute approximate surface area is 198 Å². The fourth-order valence-electron chi connectivity index (χ4n) is 3.17. The fraction of sp³-hybridized carbons (Fsp3) is 0.192. The van der Waals surface area contributed by atoms with Crippen LogP contribution in [0.15, 0.2) is 71.8 Å². The highest BCUT2D eigenvalue weighted by molar-refractivity contribution is 6.02. The number of carbonyl (C=O) groups is 2. The van der Waals surface area contributed by atoms with Crippen molar-refractivity contribution >= 4 is 23.2 Å². The summed E-state index contributed by atoms with van der Waals surface area (Å²) < 4.78 is 15.5. The van der Waals surface area contributed by atoms with Crippen molar-refractivity contribution in [3.8, 4) is 17.2 Å². The summed E-state index contributed by atoms with van der Waals surface area (Å²) in [5.74, 6) is 1.20. The van der Waals surface area contributed by atoms with Gasteiger partial charge in [-0.3, -0.25) is 9.59 Å². The highest BCUT2D eigenvalue weighted by Gasteiger charge is 2.13. The first-order valence-electron chi connectivity index (χ1n) is 10.5. The molecular weight excluding hydrogens is 434 g/mol. The molecule has 8 nitrogen and oxygen atoms in total. The van der Waals surface area contributed by atoms with Crippen molar-refractivity contribution in [3.05, 3.63) is 83.4 Å². The lowest BCUT2D eigenvalue weighted by Crippen LogP contribution is -2.20. The summed E-state index contributed by atoms with van der Waals surface area (Å²) >= 11 is 0. The van der Waals surface area contributed by atoms with Crippen molar-refractivity contribution < 1.29 is 23.8 Å². The molecule has 0 aliphatic heterocycles. The van der Waals surface area contributed by atoms with Crippen LogP contribution >= 0.6 is 0 Å². The molecule has 0 saturated carbocycles. The number of anilines is 1. The van der Waals surface area contributed by atoms with Crippen LogP contribution in [0.4, 0.5) is 5.69 Å². The van der Waals surface area contributed by atoms with Gasteiger partial charge in [-0.2, -0.15) is 5.10 Å². The molecule has 2 amide bonds. The summed E-state index contributed by atoms with van der Waals surface area (Å²) in [6.07, 6.45) is 0.257. The zero-order valence-corrected chi connectivity index (χ0v) is 19.5. The van der Waals surface area contributed by atoms with Crippen LogP contribution in [0, 0.1) is 0 Å². The molecule has 0 spiro atoms. The van der Waals surface area contributed by atoms with Gasteiger partial charge in [-0.05, 0) is 54.4 Å². The molecule has 0 heterocycles. The lowest BCUT2D eigenvalue weighted by molar-refractivity contribution is -0.115. The third-order valence-electron chi connectivity index (χ3n) is 5.09. The molecule has 0 aliphatic carbocycles. The van der Waals surface area contributed by atoms with Gasteiger partial charge >= 0.3 is 0 Å². The number of ether oxygens (including phenoxy) is 3. The van der Waals surface area contributed by atoms with Crippen LogP contribution in [0.1, 0.15) is 28.4 Å². The quantitative estimate of drug-likeness (QED) is 0.370. The number of nitrogens with one attached hydrogen (secondary N) is 2. The van der Waals surface area contributed by atoms with E-state index in [1.165, 1.54) is 7.11 Å². The van der Waals surface area contributed by atoms with Crippen molar-refractivity contribution in [1.82, 2.24) is 5.43 Å². The molecular formula is C26H27N3O5. The fourth-order valence-corrected chi connectivity index (χ4v) is 3.17. The van der Waals surface area contributed by atoms with Crippen molar-refractivity contribution in [1.29, 1.82) is 0 Å². The lowest BCUT2D eigenvalue weighted by Gasteiger charge is -2.10. The first-order chi connectivity index (χ1) is 16.4. The summed E-state index contributed by atoms with van der Waals surface area (Å²) in [7, 11) is 4.63. The molecule has 176 valence electrons. The van der Waals surface area contributed by atoms with E-state index in [4.69, 9.17) is 14.2 Å². The van der Waals surface area contributed by atoms with Gasteiger partial charge in [0.15, 0.2) is 0 Å². The minimum atomic E-state index is -0.402. The van der Waals surface area contributed by atoms with Gasteiger partial charge in [0, 0.05) is 11.8 Å². The van der Waals surface area contributed by atoms with Gasteiger partial charge in [-0.25, -0.2) is 5.43 Å². The first kappa shape index (κ1) is 24.3. The Hall–Kier alpha value is -4.33. The number of hydrogen-bond acceptors (Lipinski definition) is 6. The monoisotopic (exact) mass is 461 g/mol. The van der Waals surface area contributed by atoms with Crippen molar-refractivity contribution in [2.24, 2.45) is 5.10 Å². The molecule has 0 saturated heterocycles. The van der Waals surface area contributed by atoms with Gasteiger partial charge in [0.25, 0.3) is 5.91 Å². The largest absolute Gasteiger partial charge is 0.497 e. The van der Waals surface area contributed by atoms with Crippen LogP contribution in [-0.4, -0.2) is 38.9 Å². The van der Waals surface area contributed by atoms with Crippen LogP contribution in [0.2, 0.25) is 0 Å². The minimum Gasteiger partial charge on any atom is -0.497 e. The molecule has 0 atom stereocenters. The molecule has 34 heavy (non-hydrogen) atoms. The minimum absolute atomic E-state index is 0.121. The SMILES string of the molecule is COc1ccc(CC(=O)Nc2ccc(/C(C)=N\NC(=O)c3ccc(OC)cc3OC)cc2)cc1. The van der Waals surface area contributed by atoms with E-state index in [-0.39, 0.29) is 12.3 Å². The molecule has 3 aromatic carbocycles. The second-order valence-corrected chi connectivity index (χ2v) is 7.35. The lowest BCUT2D eigenvalue weighted by atomic mass is 10.1. The molecule has 0 aromatic heterocycles. The van der Waals surface area contributed by atoms with E-state index in [2.05, 4.69) is 15.8 Å². The maximum absolute atomic E-state index is 12.5. The van der Waals surface area contributed by atoms with E-state index in [9.17, 15) is 9.59 Å². The summed E-state index contributed by atoms with van der Waals surface area (Å²) in [4.78, 5) is 24.9. The Morgan fingerprint density at radius 3 is 2.09 bits per heavy atom. The molecule has 3 aromatic rings. The molecule has 0 radical (unpaired) electrons. The topological polar surface area (TPSA) is 98.2 Å². The number of nitrogens with zero attached hydrogens (tertiary/aromatic N) is 1. The highest BCUT2D eigenvalue weighted by atomic mass is 16.5. The smallest absolute Gasteiger partial charge is 0.275 e. The Morgan fingerprint density at radius 2 is 1.47 bits per heavy atom. The molecule has 3 rings (SSSR count). The van der Waals surface area contributed by atoms with E-state index in [1.54, 1.807) is 51.5 Å². The molecule has 0 unspecified atom stereocenters. The molecule has 0 fully saturated rings. The van der Waals surface area contributed by atoms with Gasteiger partial charge in [0.05, 0.1) is 39.0 Å². The van der Waals surface area contributed by atoms with Crippen LogP contribution in [0.5, 0.6) is 17.2 Å². The van der Waals surface area contributed by atoms with E-state index in [0.29, 0.717) is 28.5 Å². The van der Waals surface area contributed by atoms with E-state index in [1.807, 2.05) is 36.4 Å². The normalized spacial score (nSPS) is 10.9. The predicted octanol–water partition coefficient (Wildman–Crippen LogP) is 4.05. The van der Waals surface area contributed by atoms with E-state index in [0.717, 1.165) is 16.9 Å². The number of rotatable bonds is 9. The van der Waals surface area contributed by atoms with Gasteiger partial charge in [-0.15, -0.1) is 0 Å². The van der Waals surface area contributed by atoms with Gasteiger partial charge in [0.1, 0.15) is 17.2 Å². The third-order valence-corrected chi connectivity index (χ3v) is 5.09. The summed E-state index contributed by atoms with van der Waals surface area (Å²) in [6, 6.07) is 19.5. The van der Waals surface area contributed by atoms with E-state index < -0.39 is 5.91 Å². The summed E-state index contributed by atoms with van der Waals surface area (Å²) in [5.41, 5.74) is 5.85. The zero-order valence-electron chi connectivity index (χ0n) is 19.5. The number of carbonyl (C=O) groups excluding carboxylic acids is 2. The standard InChI is InChI=1S/C26H27N3O5/c1-17(28-29-26(31)23-14-13-22(33-3)16-24(23)34-4)19-7-9-20(10-8-19)27-25(30)15-18-5-11-21(32-2)12-6-18/h5-14,16H,15H2,1-4H3,(H,27,30)(H,29,31)/b28-17-. The van der Waals surface area contributed by atoms with Gasteiger partial charge < -0.3 is 19.5 Å². The molecule has 2 N–H and O–H groups in total. The second-order valence-electron chi connectivity index (χ2n) is 7.35. The first-order valence-corrected chi connectivity index (χ1v) is 10.5. The average molecular weight is 462 g/mol. The summed E-state index contributed by atoms with van der Waals surface area (Å²) in [6.45, 7) is 1.78. The van der Waals surface area contributed by atoms with E-state index >= 15 is 0 Å². The average Bonchev–Trinajstić information content (AvgIpc) is 2.87. The maximum atomic E-state index is 12.5. The third kappa shape index (κ3) is 6.35. The number of hydrogen-bond donors (Lipinski definition) is 2. The number of hydrazone groups is 1. The predicted molar refractivity (Wildman–Crippen MR) is 131 cm³/mol. The van der Waals surface area contributed by atoms with Crippen LogP contribution in [0.25, 0.3) is 0 Å². The number of amides is 2.